The molecule has 0 amide bonds. The first-order valence-electron chi connectivity index (χ1n) is 11.3. The minimum Gasteiger partial charge on any atom is -0.459 e. The molecule has 0 saturated carbocycles. The molecule has 0 aliphatic heterocycles. The molecule has 0 aliphatic rings. The van der Waals surface area contributed by atoms with Gasteiger partial charge in [-0.25, -0.2) is 8.42 Å². The number of anilines is 1. The highest BCUT2D eigenvalue weighted by molar-refractivity contribution is 7.89. The van der Waals surface area contributed by atoms with Gasteiger partial charge in [0.05, 0.1) is 17.7 Å². The van der Waals surface area contributed by atoms with Crippen molar-refractivity contribution in [2.75, 3.05) is 5.32 Å². The number of aryl methyl sites for hydroxylation is 1. The lowest BCUT2D eigenvalue weighted by molar-refractivity contribution is 0.357. The summed E-state index contributed by atoms with van der Waals surface area (Å²) in [6, 6.07) is 26.8. The lowest BCUT2D eigenvalue weighted by Crippen LogP contribution is -2.30. The number of rotatable bonds is 9. The van der Waals surface area contributed by atoms with Crippen LogP contribution in [0.2, 0.25) is 5.02 Å². The van der Waals surface area contributed by atoms with Crippen LogP contribution in [0.15, 0.2) is 105 Å². The topological polar surface area (TPSA) is 86.9 Å². The average Bonchev–Trinajstić information content (AvgIpc) is 3.33. The Kier molecular flexibility index (Phi) is 8.73. The van der Waals surface area contributed by atoms with Crippen molar-refractivity contribution in [1.82, 2.24) is 9.73 Å². The molecule has 0 aliphatic carbocycles. The zero-order valence-corrected chi connectivity index (χ0v) is 22.4. The average molecular weight is 553 g/mol. The second kappa shape index (κ2) is 12.2. The fraction of sp³-hybridized carbons (Fsp3) is 0.111. The van der Waals surface area contributed by atoms with Crippen molar-refractivity contribution >= 4 is 50.9 Å². The highest BCUT2D eigenvalue weighted by Crippen LogP contribution is 2.23. The lowest BCUT2D eigenvalue weighted by Gasteiger charge is -2.21. The highest BCUT2D eigenvalue weighted by atomic mass is 35.5. The minimum absolute atomic E-state index is 0.0358. The van der Waals surface area contributed by atoms with E-state index in [1.54, 1.807) is 24.3 Å². The fourth-order valence-corrected chi connectivity index (χ4v) is 5.13. The van der Waals surface area contributed by atoms with Crippen molar-refractivity contribution in [3.05, 3.63) is 119 Å². The van der Waals surface area contributed by atoms with Crippen LogP contribution in [0.5, 0.6) is 0 Å². The van der Waals surface area contributed by atoms with Gasteiger partial charge in [0.2, 0.25) is 10.0 Å². The van der Waals surface area contributed by atoms with Crippen LogP contribution in [-0.4, -0.2) is 24.1 Å². The van der Waals surface area contributed by atoms with Crippen LogP contribution in [0.25, 0.3) is 0 Å². The first-order valence-corrected chi connectivity index (χ1v) is 13.6. The number of thiocarbonyl (C=S) groups is 1. The maximum absolute atomic E-state index is 13.5. The first-order chi connectivity index (χ1) is 17.8. The zero-order valence-electron chi connectivity index (χ0n) is 20.0. The number of nitrogens with zero attached hydrogens (tertiary/aromatic N) is 2. The fourth-order valence-electron chi connectivity index (χ4n) is 3.44. The van der Waals surface area contributed by atoms with Crippen molar-refractivity contribution in [3.63, 3.8) is 0 Å². The summed E-state index contributed by atoms with van der Waals surface area (Å²) in [5.41, 5.74) is 5.53. The van der Waals surface area contributed by atoms with Gasteiger partial charge in [0.15, 0.2) is 5.11 Å². The summed E-state index contributed by atoms with van der Waals surface area (Å²) >= 11 is 11.2. The van der Waals surface area contributed by atoms with E-state index >= 15 is 0 Å². The van der Waals surface area contributed by atoms with Crippen LogP contribution in [0, 0.1) is 6.92 Å². The first kappa shape index (κ1) is 26.6. The summed E-state index contributed by atoms with van der Waals surface area (Å²) < 4.78 is 34.2. The maximum Gasteiger partial charge on any atom is 0.243 e. The number of halogens is 1. The molecule has 0 bridgehead atoms. The Labute approximate surface area is 226 Å². The number of furan rings is 1. The molecule has 0 saturated heterocycles. The Morgan fingerprint density at radius 1 is 0.973 bits per heavy atom. The third-order valence-corrected chi connectivity index (χ3v) is 7.59. The summed E-state index contributed by atoms with van der Waals surface area (Å²) in [5, 5.41) is 7.90. The van der Waals surface area contributed by atoms with E-state index in [0.29, 0.717) is 21.7 Å². The minimum atomic E-state index is -3.83. The van der Waals surface area contributed by atoms with Crippen LogP contribution in [0.1, 0.15) is 22.6 Å². The molecule has 37 heavy (non-hydrogen) atoms. The predicted octanol–water partition coefficient (Wildman–Crippen LogP) is 5.95. The molecule has 0 unspecified atom stereocenters. The van der Waals surface area contributed by atoms with Crippen LogP contribution in [0.3, 0.4) is 0 Å². The number of para-hydroxylation sites is 1. The smallest absolute Gasteiger partial charge is 0.243 e. The van der Waals surface area contributed by atoms with Crippen molar-refractivity contribution < 1.29 is 12.8 Å². The Morgan fingerprint density at radius 3 is 2.38 bits per heavy atom. The second-order valence-electron chi connectivity index (χ2n) is 8.21. The third-order valence-electron chi connectivity index (χ3n) is 5.34. The summed E-state index contributed by atoms with van der Waals surface area (Å²) in [4.78, 5) is 0.154. The summed E-state index contributed by atoms with van der Waals surface area (Å²) in [7, 11) is -3.83. The van der Waals surface area contributed by atoms with E-state index < -0.39 is 10.0 Å². The molecule has 1 heterocycles. The highest BCUT2D eigenvalue weighted by Gasteiger charge is 2.26. The molecule has 0 spiro atoms. The van der Waals surface area contributed by atoms with Gasteiger partial charge in [0.25, 0.3) is 0 Å². The number of hydrazone groups is 1. The van der Waals surface area contributed by atoms with Crippen LogP contribution in [-0.2, 0) is 23.1 Å². The van der Waals surface area contributed by atoms with E-state index in [1.807, 2.05) is 61.5 Å². The Balaban J connectivity index is 1.47. The molecule has 7 nitrogen and oxygen atoms in total. The van der Waals surface area contributed by atoms with Gasteiger partial charge < -0.3 is 9.73 Å². The van der Waals surface area contributed by atoms with E-state index in [4.69, 9.17) is 28.2 Å². The van der Waals surface area contributed by atoms with Gasteiger partial charge in [-0.2, -0.15) is 9.41 Å². The summed E-state index contributed by atoms with van der Waals surface area (Å²) in [6.07, 6.45) is 1.47. The second-order valence-corrected chi connectivity index (χ2v) is 11.0. The van der Waals surface area contributed by atoms with Crippen molar-refractivity contribution in [2.24, 2.45) is 5.10 Å². The third kappa shape index (κ3) is 7.50. The largest absolute Gasteiger partial charge is 0.459 e. The Bertz CT molecular complexity index is 1470. The Hall–Kier alpha value is -3.50. The van der Waals surface area contributed by atoms with Gasteiger partial charge in [0.1, 0.15) is 11.5 Å². The SMILES string of the molecule is Cc1ccc(CN(Cc2ccc(/C=N/NC(=S)Nc3ccccc3)o2)S(=O)(=O)c2ccc(Cl)cc2)cc1. The molecule has 2 N–H and O–H groups in total. The number of hydrogen-bond acceptors (Lipinski definition) is 5. The number of nitrogens with one attached hydrogen (secondary N) is 2. The molecule has 1 aromatic heterocycles. The molecule has 0 atom stereocenters. The molecule has 4 aromatic rings. The van der Waals surface area contributed by atoms with Crippen molar-refractivity contribution in [1.29, 1.82) is 0 Å². The quantitative estimate of drug-likeness (QED) is 0.151. The number of benzene rings is 3. The normalized spacial score (nSPS) is 11.6. The van der Waals surface area contributed by atoms with Gasteiger partial charge >= 0.3 is 0 Å². The molecule has 3 aromatic carbocycles. The molecule has 0 fully saturated rings. The van der Waals surface area contributed by atoms with Gasteiger partial charge in [0, 0.05) is 17.3 Å². The number of hydrogen-bond donors (Lipinski definition) is 2. The monoisotopic (exact) mass is 552 g/mol. The van der Waals surface area contributed by atoms with E-state index in [-0.39, 0.29) is 18.0 Å². The standard InChI is InChI=1S/C27H25ClN4O3S2/c1-20-7-9-21(10-8-20)18-32(37(33,34)26-15-11-22(28)12-16-26)19-25-14-13-24(35-25)17-29-31-27(36)30-23-5-3-2-4-6-23/h2-17H,18-19H2,1H3,(H2,30,31,36)/b29-17+. The molecular formula is C27H25ClN4O3S2. The summed E-state index contributed by atoms with van der Waals surface area (Å²) in [6.45, 7) is 2.20. The summed E-state index contributed by atoms with van der Waals surface area (Å²) in [5.74, 6) is 0.917. The predicted molar refractivity (Wildman–Crippen MR) is 151 cm³/mol. The van der Waals surface area contributed by atoms with Gasteiger partial charge in [-0.3, -0.25) is 5.43 Å². The molecule has 10 heteroatoms. The molecule has 4 rings (SSSR count). The van der Waals surface area contributed by atoms with Gasteiger partial charge in [-0.1, -0.05) is 59.6 Å². The van der Waals surface area contributed by atoms with Gasteiger partial charge in [-0.05, 0) is 73.2 Å². The number of sulfonamides is 1. The van der Waals surface area contributed by atoms with Crippen LogP contribution in [0.4, 0.5) is 5.69 Å². The molecular weight excluding hydrogens is 528 g/mol. The van der Waals surface area contributed by atoms with Crippen molar-refractivity contribution in [3.8, 4) is 0 Å². The van der Waals surface area contributed by atoms with E-state index in [0.717, 1.165) is 16.8 Å². The van der Waals surface area contributed by atoms with Crippen molar-refractivity contribution in [2.45, 2.75) is 24.9 Å². The van der Waals surface area contributed by atoms with E-state index in [1.165, 1.54) is 22.7 Å². The Morgan fingerprint density at radius 2 is 1.68 bits per heavy atom. The van der Waals surface area contributed by atoms with E-state index in [9.17, 15) is 8.42 Å². The van der Waals surface area contributed by atoms with E-state index in [2.05, 4.69) is 15.8 Å². The van der Waals surface area contributed by atoms with Crippen LogP contribution >= 0.6 is 23.8 Å². The van der Waals surface area contributed by atoms with Gasteiger partial charge in [-0.15, -0.1) is 0 Å². The lowest BCUT2D eigenvalue weighted by atomic mass is 10.1. The zero-order chi connectivity index (χ0) is 26.3. The van der Waals surface area contributed by atoms with Crippen LogP contribution < -0.4 is 10.7 Å². The maximum atomic E-state index is 13.5. The molecule has 190 valence electrons. The molecule has 0 radical (unpaired) electrons.